The highest BCUT2D eigenvalue weighted by Crippen LogP contribution is 2.34. The number of aryl methyl sites for hydroxylation is 1. The third-order valence-electron chi connectivity index (χ3n) is 4.30. The molecule has 2 unspecified atom stereocenters. The molecular weight excluding hydrogens is 248 g/mol. The number of ether oxygens (including phenoxy) is 1. The first kappa shape index (κ1) is 13.5. The minimum Gasteiger partial charge on any atom is -0.490 e. The van der Waals surface area contributed by atoms with Crippen molar-refractivity contribution < 1.29 is 4.74 Å². The standard InChI is InChI=1S/C17H22N2O/c1-13-4-8-15(9-5-13)20-16-3-2-10-17(11-16,12-18)19-14-6-7-14/h4-5,8-9,14,16,19H,2-3,6-7,10-11H2,1H3. The third-order valence-corrected chi connectivity index (χ3v) is 4.30. The molecule has 2 aliphatic rings. The molecular formula is C17H22N2O. The molecule has 3 nitrogen and oxygen atoms in total. The van der Waals surface area contributed by atoms with E-state index in [1.165, 1.54) is 18.4 Å². The van der Waals surface area contributed by atoms with Crippen molar-refractivity contribution in [2.75, 3.05) is 0 Å². The molecule has 1 N–H and O–H groups in total. The maximum absolute atomic E-state index is 9.57. The van der Waals surface area contributed by atoms with Crippen LogP contribution in [-0.2, 0) is 0 Å². The fourth-order valence-electron chi connectivity index (χ4n) is 3.02. The molecule has 0 bridgehead atoms. The Hall–Kier alpha value is -1.53. The van der Waals surface area contributed by atoms with E-state index in [2.05, 4.69) is 30.4 Å². The number of nitrogens with zero attached hydrogens (tertiary/aromatic N) is 1. The Morgan fingerprint density at radius 3 is 2.65 bits per heavy atom. The summed E-state index contributed by atoms with van der Waals surface area (Å²) < 4.78 is 6.08. The van der Waals surface area contributed by atoms with E-state index in [4.69, 9.17) is 4.74 Å². The molecule has 0 saturated heterocycles. The van der Waals surface area contributed by atoms with Crippen LogP contribution in [0.2, 0.25) is 0 Å². The number of hydrogen-bond acceptors (Lipinski definition) is 3. The zero-order chi connectivity index (χ0) is 14.0. The molecule has 0 aromatic heterocycles. The van der Waals surface area contributed by atoms with Gasteiger partial charge in [-0.25, -0.2) is 0 Å². The Balaban J connectivity index is 1.64. The van der Waals surface area contributed by atoms with Crippen molar-refractivity contribution in [1.29, 1.82) is 5.26 Å². The quantitative estimate of drug-likeness (QED) is 0.912. The van der Waals surface area contributed by atoms with Crippen molar-refractivity contribution in [2.24, 2.45) is 0 Å². The first-order valence-corrected chi connectivity index (χ1v) is 7.61. The molecule has 3 rings (SSSR count). The Morgan fingerprint density at radius 1 is 1.25 bits per heavy atom. The highest BCUT2D eigenvalue weighted by Gasteiger charge is 2.41. The second-order valence-electron chi connectivity index (χ2n) is 6.26. The minimum absolute atomic E-state index is 0.150. The molecule has 1 aromatic rings. The van der Waals surface area contributed by atoms with Gasteiger partial charge < -0.3 is 4.74 Å². The highest BCUT2D eigenvalue weighted by molar-refractivity contribution is 5.27. The highest BCUT2D eigenvalue weighted by atomic mass is 16.5. The summed E-state index contributed by atoms with van der Waals surface area (Å²) in [5, 5.41) is 13.1. The van der Waals surface area contributed by atoms with Crippen LogP contribution in [0.5, 0.6) is 5.75 Å². The summed E-state index contributed by atoms with van der Waals surface area (Å²) >= 11 is 0. The van der Waals surface area contributed by atoms with E-state index >= 15 is 0 Å². The van der Waals surface area contributed by atoms with Crippen molar-refractivity contribution in [1.82, 2.24) is 5.32 Å². The van der Waals surface area contributed by atoms with E-state index in [9.17, 15) is 5.26 Å². The van der Waals surface area contributed by atoms with Crippen LogP contribution in [0.3, 0.4) is 0 Å². The normalized spacial score (nSPS) is 29.7. The molecule has 0 heterocycles. The van der Waals surface area contributed by atoms with E-state index in [1.54, 1.807) is 0 Å². The molecule has 2 atom stereocenters. The van der Waals surface area contributed by atoms with Gasteiger partial charge in [-0.1, -0.05) is 17.7 Å². The van der Waals surface area contributed by atoms with Gasteiger partial charge in [-0.2, -0.15) is 5.26 Å². The molecule has 0 radical (unpaired) electrons. The number of benzene rings is 1. The molecule has 1 aromatic carbocycles. The van der Waals surface area contributed by atoms with Crippen molar-refractivity contribution >= 4 is 0 Å². The molecule has 106 valence electrons. The van der Waals surface area contributed by atoms with Gasteiger partial charge in [0.1, 0.15) is 17.4 Å². The zero-order valence-electron chi connectivity index (χ0n) is 12.1. The fourth-order valence-corrected chi connectivity index (χ4v) is 3.02. The number of nitrogens with one attached hydrogen (secondary N) is 1. The Morgan fingerprint density at radius 2 is 2.00 bits per heavy atom. The van der Waals surface area contributed by atoms with Gasteiger partial charge >= 0.3 is 0 Å². The van der Waals surface area contributed by atoms with Crippen LogP contribution in [0.15, 0.2) is 24.3 Å². The Labute approximate surface area is 120 Å². The van der Waals surface area contributed by atoms with E-state index in [0.717, 1.165) is 31.4 Å². The second kappa shape index (κ2) is 5.46. The summed E-state index contributed by atoms with van der Waals surface area (Å²) in [6.45, 7) is 2.07. The van der Waals surface area contributed by atoms with Crippen LogP contribution >= 0.6 is 0 Å². The minimum atomic E-state index is -0.366. The van der Waals surface area contributed by atoms with Crippen molar-refractivity contribution in [3.8, 4) is 11.8 Å². The Bertz CT molecular complexity index is 501. The van der Waals surface area contributed by atoms with Gasteiger partial charge in [-0.05, 0) is 51.2 Å². The van der Waals surface area contributed by atoms with E-state index < -0.39 is 0 Å². The van der Waals surface area contributed by atoms with Crippen molar-refractivity contribution in [3.63, 3.8) is 0 Å². The predicted molar refractivity (Wildman–Crippen MR) is 78.6 cm³/mol. The molecule has 0 aliphatic heterocycles. The number of hydrogen-bond donors (Lipinski definition) is 1. The van der Waals surface area contributed by atoms with Crippen LogP contribution < -0.4 is 10.1 Å². The summed E-state index contributed by atoms with van der Waals surface area (Å²) in [5.41, 5.74) is 0.872. The molecule has 0 spiro atoms. The summed E-state index contributed by atoms with van der Waals surface area (Å²) in [5.74, 6) is 0.917. The van der Waals surface area contributed by atoms with E-state index in [0.29, 0.717) is 6.04 Å². The van der Waals surface area contributed by atoms with Crippen molar-refractivity contribution in [2.45, 2.75) is 63.1 Å². The van der Waals surface area contributed by atoms with Gasteiger partial charge in [0.05, 0.1) is 6.07 Å². The summed E-state index contributed by atoms with van der Waals surface area (Å²) in [7, 11) is 0. The van der Waals surface area contributed by atoms with Gasteiger partial charge in [0.25, 0.3) is 0 Å². The molecule has 20 heavy (non-hydrogen) atoms. The molecule has 2 aliphatic carbocycles. The Kier molecular flexibility index (Phi) is 3.67. The topological polar surface area (TPSA) is 45.0 Å². The van der Waals surface area contributed by atoms with Gasteiger partial charge in [-0.3, -0.25) is 5.32 Å². The largest absolute Gasteiger partial charge is 0.490 e. The summed E-state index contributed by atoms with van der Waals surface area (Å²) in [6, 6.07) is 11.3. The lowest BCUT2D eigenvalue weighted by Crippen LogP contribution is -2.50. The maximum Gasteiger partial charge on any atom is 0.119 e. The molecule has 3 heteroatoms. The maximum atomic E-state index is 9.57. The van der Waals surface area contributed by atoms with Crippen LogP contribution in [0.4, 0.5) is 0 Å². The first-order valence-electron chi connectivity index (χ1n) is 7.61. The monoisotopic (exact) mass is 270 g/mol. The average molecular weight is 270 g/mol. The SMILES string of the molecule is Cc1ccc(OC2CCCC(C#N)(NC3CC3)C2)cc1. The predicted octanol–water partition coefficient (Wildman–Crippen LogP) is 3.33. The van der Waals surface area contributed by atoms with E-state index in [1.807, 2.05) is 12.1 Å². The smallest absolute Gasteiger partial charge is 0.119 e. The van der Waals surface area contributed by atoms with Gasteiger partial charge in [0.15, 0.2) is 0 Å². The van der Waals surface area contributed by atoms with Gasteiger partial charge in [0, 0.05) is 12.5 Å². The molecule has 2 saturated carbocycles. The summed E-state index contributed by atoms with van der Waals surface area (Å²) in [6.07, 6.45) is 6.44. The lowest BCUT2D eigenvalue weighted by Gasteiger charge is -2.36. The van der Waals surface area contributed by atoms with Crippen LogP contribution in [0.25, 0.3) is 0 Å². The average Bonchev–Trinajstić information content (AvgIpc) is 3.26. The number of nitriles is 1. The van der Waals surface area contributed by atoms with Crippen LogP contribution in [0.1, 0.15) is 44.1 Å². The van der Waals surface area contributed by atoms with Gasteiger partial charge in [0.2, 0.25) is 0 Å². The van der Waals surface area contributed by atoms with E-state index in [-0.39, 0.29) is 11.6 Å². The molecule has 2 fully saturated rings. The van der Waals surface area contributed by atoms with Crippen molar-refractivity contribution in [3.05, 3.63) is 29.8 Å². The lowest BCUT2D eigenvalue weighted by molar-refractivity contribution is 0.112. The van der Waals surface area contributed by atoms with Gasteiger partial charge in [-0.15, -0.1) is 0 Å². The third kappa shape index (κ3) is 3.13. The number of rotatable bonds is 4. The molecule has 0 amide bonds. The van der Waals surface area contributed by atoms with Crippen LogP contribution in [-0.4, -0.2) is 17.7 Å². The summed E-state index contributed by atoms with van der Waals surface area (Å²) in [4.78, 5) is 0. The fraction of sp³-hybridized carbons (Fsp3) is 0.588. The van der Waals surface area contributed by atoms with Crippen LogP contribution in [0, 0.1) is 18.3 Å². The second-order valence-corrected chi connectivity index (χ2v) is 6.26. The lowest BCUT2D eigenvalue weighted by atomic mass is 9.81. The zero-order valence-corrected chi connectivity index (χ0v) is 12.1. The first-order chi connectivity index (χ1) is 9.69.